The first-order chi connectivity index (χ1) is 7.24. The van der Waals surface area contributed by atoms with Crippen molar-refractivity contribution in [2.45, 2.75) is 27.2 Å². The molecule has 0 rings (SSSR count). The summed E-state index contributed by atoms with van der Waals surface area (Å²) in [5.74, 6) is -0.0446. The van der Waals surface area contributed by atoms with Gasteiger partial charge in [0.25, 0.3) is 0 Å². The Bertz CT molecular complexity index is 310. The van der Waals surface area contributed by atoms with Crippen molar-refractivity contribution >= 4 is 16.3 Å². The molecule has 1 amide bonds. The minimum absolute atomic E-state index is 0.0289. The summed E-state index contributed by atoms with van der Waals surface area (Å²) < 4.78 is 30.7. The molecule has 0 aromatic carbocycles. The van der Waals surface area contributed by atoms with Crippen molar-refractivity contribution in [2.75, 3.05) is 13.2 Å². The van der Waals surface area contributed by atoms with Gasteiger partial charge >= 0.3 is 10.4 Å². The standard InChI is InChI=1S/C7H13NO.C2H6O4S/c1-4-5-8-7(9)6(2)3;1-2-6-7(3,4)5/h2,4-5H2,1,3H3,(H,8,9);2H2,1H3,(H,3,4,5). The molecule has 0 aliphatic heterocycles. The lowest BCUT2D eigenvalue weighted by molar-refractivity contribution is -0.117. The summed E-state index contributed by atoms with van der Waals surface area (Å²) in [6.45, 7) is 9.39. The zero-order chi connectivity index (χ0) is 13.2. The van der Waals surface area contributed by atoms with Crippen LogP contribution in [-0.4, -0.2) is 32.0 Å². The Morgan fingerprint density at radius 3 is 2.12 bits per heavy atom. The maximum atomic E-state index is 10.7. The molecular formula is C9H19NO5S. The van der Waals surface area contributed by atoms with Crippen LogP contribution in [0.2, 0.25) is 0 Å². The second kappa shape index (κ2) is 9.32. The van der Waals surface area contributed by atoms with Crippen LogP contribution in [0.4, 0.5) is 0 Å². The molecule has 0 unspecified atom stereocenters. The molecule has 7 heteroatoms. The van der Waals surface area contributed by atoms with E-state index in [9.17, 15) is 13.2 Å². The highest BCUT2D eigenvalue weighted by molar-refractivity contribution is 7.80. The van der Waals surface area contributed by atoms with Crippen LogP contribution in [0, 0.1) is 0 Å². The average Bonchev–Trinajstić information content (AvgIpc) is 2.13. The normalized spacial score (nSPS) is 10.0. The van der Waals surface area contributed by atoms with Crippen molar-refractivity contribution in [3.05, 3.63) is 12.2 Å². The van der Waals surface area contributed by atoms with E-state index in [4.69, 9.17) is 4.55 Å². The second-order valence-electron chi connectivity index (χ2n) is 2.87. The van der Waals surface area contributed by atoms with Gasteiger partial charge in [-0.3, -0.25) is 9.35 Å². The molecule has 96 valence electrons. The van der Waals surface area contributed by atoms with Crippen LogP contribution in [0.25, 0.3) is 0 Å². The minimum Gasteiger partial charge on any atom is -0.352 e. The van der Waals surface area contributed by atoms with Crippen LogP contribution in [0.5, 0.6) is 0 Å². The van der Waals surface area contributed by atoms with Gasteiger partial charge in [-0.25, -0.2) is 4.18 Å². The predicted octanol–water partition coefficient (Wildman–Crippen LogP) is 0.914. The lowest BCUT2D eigenvalue weighted by Gasteiger charge is -1.99. The van der Waals surface area contributed by atoms with Gasteiger partial charge in [-0.1, -0.05) is 13.5 Å². The van der Waals surface area contributed by atoms with E-state index in [1.165, 1.54) is 6.92 Å². The quantitative estimate of drug-likeness (QED) is 0.561. The zero-order valence-corrected chi connectivity index (χ0v) is 10.6. The van der Waals surface area contributed by atoms with Gasteiger partial charge in [-0.2, -0.15) is 8.42 Å². The molecule has 0 aliphatic rings. The van der Waals surface area contributed by atoms with Gasteiger partial charge in [0.05, 0.1) is 6.61 Å². The molecule has 16 heavy (non-hydrogen) atoms. The van der Waals surface area contributed by atoms with Gasteiger partial charge in [0, 0.05) is 12.1 Å². The number of hydrogen-bond donors (Lipinski definition) is 2. The highest BCUT2D eigenvalue weighted by Gasteiger charge is 1.98. The van der Waals surface area contributed by atoms with E-state index in [0.29, 0.717) is 5.57 Å². The Morgan fingerprint density at radius 1 is 1.44 bits per heavy atom. The van der Waals surface area contributed by atoms with Crippen LogP contribution in [0.1, 0.15) is 27.2 Å². The highest BCUT2D eigenvalue weighted by atomic mass is 32.3. The van der Waals surface area contributed by atoms with Gasteiger partial charge in [0.2, 0.25) is 5.91 Å². The monoisotopic (exact) mass is 253 g/mol. The zero-order valence-electron chi connectivity index (χ0n) is 9.82. The van der Waals surface area contributed by atoms with Crippen LogP contribution < -0.4 is 5.32 Å². The van der Waals surface area contributed by atoms with Crippen molar-refractivity contribution < 1.29 is 21.9 Å². The van der Waals surface area contributed by atoms with Crippen LogP contribution in [0.15, 0.2) is 12.2 Å². The first kappa shape index (κ1) is 17.5. The van der Waals surface area contributed by atoms with Crippen molar-refractivity contribution in [1.29, 1.82) is 0 Å². The summed E-state index contributed by atoms with van der Waals surface area (Å²) in [5, 5.41) is 2.69. The van der Waals surface area contributed by atoms with E-state index < -0.39 is 10.4 Å². The Labute approximate surface area is 96.6 Å². The number of amides is 1. The highest BCUT2D eigenvalue weighted by Crippen LogP contribution is 1.84. The van der Waals surface area contributed by atoms with Gasteiger partial charge in [-0.05, 0) is 20.3 Å². The third-order valence-electron chi connectivity index (χ3n) is 1.19. The van der Waals surface area contributed by atoms with Crippen LogP contribution in [0.3, 0.4) is 0 Å². The molecule has 0 radical (unpaired) electrons. The smallest absolute Gasteiger partial charge is 0.352 e. The van der Waals surface area contributed by atoms with Crippen molar-refractivity contribution in [3.8, 4) is 0 Å². The molecule has 2 N–H and O–H groups in total. The number of carbonyl (C=O) groups excluding carboxylic acids is 1. The maximum Gasteiger partial charge on any atom is 0.397 e. The Morgan fingerprint density at radius 2 is 1.94 bits per heavy atom. The molecule has 0 aromatic rings. The van der Waals surface area contributed by atoms with Crippen molar-refractivity contribution in [2.24, 2.45) is 0 Å². The molecule has 0 saturated heterocycles. The topological polar surface area (TPSA) is 92.7 Å². The summed E-state index contributed by atoms with van der Waals surface area (Å²) in [6.07, 6.45) is 0.971. The second-order valence-corrected chi connectivity index (χ2v) is 3.96. The Balaban J connectivity index is 0. The fraction of sp³-hybridized carbons (Fsp3) is 0.667. The molecule has 0 bridgehead atoms. The van der Waals surface area contributed by atoms with Gasteiger partial charge in [0.1, 0.15) is 0 Å². The fourth-order valence-electron chi connectivity index (χ4n) is 0.538. The molecular weight excluding hydrogens is 234 g/mol. The van der Waals surface area contributed by atoms with Crippen LogP contribution in [-0.2, 0) is 19.4 Å². The van der Waals surface area contributed by atoms with Crippen molar-refractivity contribution in [1.82, 2.24) is 5.32 Å². The molecule has 0 aliphatic carbocycles. The molecule has 0 spiro atoms. The van der Waals surface area contributed by atoms with E-state index in [0.717, 1.165) is 13.0 Å². The third-order valence-corrected chi connectivity index (χ3v) is 1.72. The molecule has 0 aromatic heterocycles. The van der Waals surface area contributed by atoms with Gasteiger partial charge in [0.15, 0.2) is 0 Å². The summed E-state index contributed by atoms with van der Waals surface area (Å²) in [7, 11) is -4.17. The van der Waals surface area contributed by atoms with Crippen LogP contribution >= 0.6 is 0 Å². The summed E-state index contributed by atoms with van der Waals surface area (Å²) >= 11 is 0. The summed E-state index contributed by atoms with van der Waals surface area (Å²) in [4.78, 5) is 10.7. The number of nitrogens with one attached hydrogen (secondary N) is 1. The van der Waals surface area contributed by atoms with E-state index in [-0.39, 0.29) is 12.5 Å². The molecule has 0 fully saturated rings. The minimum atomic E-state index is -4.17. The fourth-order valence-corrected chi connectivity index (χ4v) is 0.836. The van der Waals surface area contributed by atoms with Crippen molar-refractivity contribution in [3.63, 3.8) is 0 Å². The number of hydrogen-bond acceptors (Lipinski definition) is 4. The maximum absolute atomic E-state index is 10.7. The SMILES string of the molecule is C=C(C)C(=O)NCCC.CCOS(=O)(=O)O. The molecule has 0 heterocycles. The van der Waals surface area contributed by atoms with Gasteiger partial charge in [-0.15, -0.1) is 0 Å². The van der Waals surface area contributed by atoms with E-state index in [1.54, 1.807) is 6.92 Å². The predicted molar refractivity (Wildman–Crippen MR) is 61.3 cm³/mol. The summed E-state index contributed by atoms with van der Waals surface area (Å²) in [6, 6.07) is 0. The first-order valence-electron chi connectivity index (χ1n) is 4.80. The Hall–Kier alpha value is -0.920. The molecule has 0 saturated carbocycles. The number of carbonyl (C=O) groups is 1. The van der Waals surface area contributed by atoms with Gasteiger partial charge < -0.3 is 5.32 Å². The third kappa shape index (κ3) is 15.5. The lowest BCUT2D eigenvalue weighted by Crippen LogP contribution is -2.24. The van der Waals surface area contributed by atoms with E-state index >= 15 is 0 Å². The van der Waals surface area contributed by atoms with E-state index in [2.05, 4.69) is 16.1 Å². The largest absolute Gasteiger partial charge is 0.397 e. The average molecular weight is 253 g/mol. The summed E-state index contributed by atoms with van der Waals surface area (Å²) in [5.41, 5.74) is 0.573. The lowest BCUT2D eigenvalue weighted by atomic mass is 10.3. The Kier molecular flexibility index (Phi) is 10.2. The first-order valence-corrected chi connectivity index (χ1v) is 6.16. The number of rotatable bonds is 5. The van der Waals surface area contributed by atoms with E-state index in [1.807, 2.05) is 6.92 Å². The molecule has 6 nitrogen and oxygen atoms in total. The molecule has 0 atom stereocenters.